The quantitative estimate of drug-likeness (QED) is 0.475. The fourth-order valence-corrected chi connectivity index (χ4v) is 7.10. The molecule has 1 saturated carbocycles. The SMILES string of the molecule is Cc1ccc(N2C(=O)[C@H]3[C@H](C2=O)[C@@]2(C)C(=O)[C@@]3(C)C(c3ccccc3)=C2c2ccccc2)c(C)c1. The van der Waals surface area contributed by atoms with Gasteiger partial charge in [0.1, 0.15) is 0 Å². The minimum absolute atomic E-state index is 0.0281. The molecule has 2 bridgehead atoms. The van der Waals surface area contributed by atoms with E-state index in [1.54, 1.807) is 0 Å². The number of anilines is 1. The van der Waals surface area contributed by atoms with E-state index in [9.17, 15) is 14.4 Å². The van der Waals surface area contributed by atoms with Crippen LogP contribution in [-0.4, -0.2) is 17.6 Å². The molecular weight excluding hydrogens is 434 g/mol. The zero-order valence-electron chi connectivity index (χ0n) is 20.3. The van der Waals surface area contributed by atoms with Crippen molar-refractivity contribution in [2.24, 2.45) is 22.7 Å². The van der Waals surface area contributed by atoms with Gasteiger partial charge in [-0.1, -0.05) is 78.4 Å². The predicted octanol–water partition coefficient (Wildman–Crippen LogP) is 5.63. The summed E-state index contributed by atoms with van der Waals surface area (Å²) < 4.78 is 0. The molecule has 0 spiro atoms. The molecule has 1 aliphatic heterocycles. The second-order valence-electron chi connectivity index (χ2n) is 10.5. The largest absolute Gasteiger partial charge is 0.298 e. The van der Waals surface area contributed by atoms with Crippen molar-refractivity contribution in [1.29, 1.82) is 0 Å². The summed E-state index contributed by atoms with van der Waals surface area (Å²) in [6, 6.07) is 25.4. The molecular formula is C31H27NO3. The number of carbonyl (C=O) groups is 3. The van der Waals surface area contributed by atoms with Gasteiger partial charge in [0, 0.05) is 0 Å². The Labute approximate surface area is 205 Å². The van der Waals surface area contributed by atoms with Crippen LogP contribution >= 0.6 is 0 Å². The van der Waals surface area contributed by atoms with Crippen LogP contribution in [0.3, 0.4) is 0 Å². The lowest BCUT2D eigenvalue weighted by Gasteiger charge is -2.35. The smallest absolute Gasteiger partial charge is 0.239 e. The van der Waals surface area contributed by atoms with Crippen LogP contribution in [0.1, 0.15) is 36.1 Å². The van der Waals surface area contributed by atoms with Crippen LogP contribution in [-0.2, 0) is 14.4 Å². The molecule has 6 rings (SSSR count). The van der Waals surface area contributed by atoms with Crippen molar-refractivity contribution in [3.05, 3.63) is 101 Å². The van der Waals surface area contributed by atoms with E-state index in [-0.39, 0.29) is 17.6 Å². The van der Waals surface area contributed by atoms with Gasteiger partial charge in [0.15, 0.2) is 5.78 Å². The normalized spacial score (nSPS) is 29.4. The van der Waals surface area contributed by atoms with Gasteiger partial charge in [0.05, 0.1) is 28.4 Å². The van der Waals surface area contributed by atoms with Gasteiger partial charge < -0.3 is 0 Å². The molecule has 0 unspecified atom stereocenters. The molecule has 2 amide bonds. The van der Waals surface area contributed by atoms with Gasteiger partial charge in [0.2, 0.25) is 11.8 Å². The van der Waals surface area contributed by atoms with E-state index in [1.165, 1.54) is 4.90 Å². The van der Waals surface area contributed by atoms with Crippen LogP contribution in [0.15, 0.2) is 78.9 Å². The van der Waals surface area contributed by atoms with E-state index in [0.29, 0.717) is 5.69 Å². The van der Waals surface area contributed by atoms with Crippen LogP contribution in [0.5, 0.6) is 0 Å². The number of benzene rings is 3. The number of rotatable bonds is 3. The summed E-state index contributed by atoms with van der Waals surface area (Å²) in [6.07, 6.45) is 0. The van der Waals surface area contributed by atoms with Crippen molar-refractivity contribution in [2.75, 3.05) is 4.90 Å². The number of hydrogen-bond acceptors (Lipinski definition) is 3. The first-order valence-electron chi connectivity index (χ1n) is 12.1. The first-order valence-corrected chi connectivity index (χ1v) is 12.1. The zero-order valence-corrected chi connectivity index (χ0v) is 20.3. The lowest BCUT2D eigenvalue weighted by Crippen LogP contribution is -2.40. The average Bonchev–Trinajstić information content (AvgIpc) is 3.30. The maximum Gasteiger partial charge on any atom is 0.239 e. The lowest BCUT2D eigenvalue weighted by molar-refractivity contribution is -0.133. The lowest BCUT2D eigenvalue weighted by atomic mass is 9.63. The minimum atomic E-state index is -1.09. The number of hydrogen-bond donors (Lipinski definition) is 0. The summed E-state index contributed by atoms with van der Waals surface area (Å²) in [7, 11) is 0. The molecule has 174 valence electrons. The summed E-state index contributed by atoms with van der Waals surface area (Å²) in [4.78, 5) is 43.8. The second-order valence-corrected chi connectivity index (χ2v) is 10.5. The van der Waals surface area contributed by atoms with E-state index in [2.05, 4.69) is 0 Å². The average molecular weight is 462 g/mol. The van der Waals surface area contributed by atoms with Gasteiger partial charge in [-0.15, -0.1) is 0 Å². The van der Waals surface area contributed by atoms with Crippen LogP contribution in [0.25, 0.3) is 11.1 Å². The number of carbonyl (C=O) groups excluding carboxylic acids is 3. The summed E-state index contributed by atoms with van der Waals surface area (Å²) in [5.74, 6) is -2.02. The van der Waals surface area contributed by atoms with Crippen molar-refractivity contribution >= 4 is 34.4 Å². The Kier molecular flexibility index (Phi) is 4.41. The van der Waals surface area contributed by atoms with Gasteiger partial charge >= 0.3 is 0 Å². The molecule has 1 saturated heterocycles. The first-order chi connectivity index (χ1) is 16.7. The highest BCUT2D eigenvalue weighted by atomic mass is 16.2. The summed E-state index contributed by atoms with van der Waals surface area (Å²) in [5, 5.41) is 0. The van der Waals surface area contributed by atoms with Crippen molar-refractivity contribution in [2.45, 2.75) is 27.7 Å². The third-order valence-electron chi connectivity index (χ3n) is 8.50. The highest BCUT2D eigenvalue weighted by Gasteiger charge is 2.78. The molecule has 0 radical (unpaired) electrons. The molecule has 3 aliphatic rings. The van der Waals surface area contributed by atoms with E-state index in [1.807, 2.05) is 107 Å². The highest BCUT2D eigenvalue weighted by Crippen LogP contribution is 2.73. The van der Waals surface area contributed by atoms with E-state index < -0.39 is 22.7 Å². The molecule has 35 heavy (non-hydrogen) atoms. The van der Waals surface area contributed by atoms with Crippen molar-refractivity contribution in [3.63, 3.8) is 0 Å². The molecule has 1 heterocycles. The number of nitrogens with zero attached hydrogens (tertiary/aromatic N) is 1. The molecule has 0 aromatic heterocycles. The maximum atomic E-state index is 14.3. The number of ketones is 1. The number of amides is 2. The first kappa shape index (κ1) is 21.7. The number of aryl methyl sites for hydroxylation is 2. The maximum absolute atomic E-state index is 14.3. The van der Waals surface area contributed by atoms with Gasteiger partial charge in [-0.25, -0.2) is 4.90 Å². The van der Waals surface area contributed by atoms with E-state index in [0.717, 1.165) is 33.4 Å². The Morgan fingerprint density at radius 2 is 1.11 bits per heavy atom. The number of Topliss-reactive ketones (excluding diaryl/α,β-unsaturated/α-hetero) is 1. The third kappa shape index (κ3) is 2.54. The Morgan fingerprint density at radius 3 is 1.54 bits per heavy atom. The van der Waals surface area contributed by atoms with Gasteiger partial charge in [-0.3, -0.25) is 14.4 Å². The predicted molar refractivity (Wildman–Crippen MR) is 136 cm³/mol. The van der Waals surface area contributed by atoms with Gasteiger partial charge in [-0.2, -0.15) is 0 Å². The van der Waals surface area contributed by atoms with Crippen LogP contribution in [0.4, 0.5) is 5.69 Å². The molecule has 4 heteroatoms. The molecule has 2 aliphatic carbocycles. The third-order valence-corrected chi connectivity index (χ3v) is 8.50. The fraction of sp³-hybridized carbons (Fsp3) is 0.258. The van der Waals surface area contributed by atoms with Crippen LogP contribution < -0.4 is 4.90 Å². The Bertz CT molecular complexity index is 1370. The summed E-state index contributed by atoms with van der Waals surface area (Å²) in [5.41, 5.74) is 3.98. The van der Waals surface area contributed by atoms with Gasteiger partial charge in [0.25, 0.3) is 0 Å². The summed E-state index contributed by atoms with van der Waals surface area (Å²) >= 11 is 0. The fourth-order valence-electron chi connectivity index (χ4n) is 7.10. The molecule has 3 aromatic rings. The number of fused-ring (bicyclic) bond motifs is 5. The standard InChI is InChI=1S/C31H27NO3/c1-18-15-16-22(19(2)17-18)32-27(33)25-26(28(32)34)31(4)24(21-13-9-6-10-14-21)23(30(25,3)29(31)35)20-11-7-5-8-12-20/h5-17,25-26H,1-4H3/t25-,26-,30+,31+/m1/s1. The van der Waals surface area contributed by atoms with Crippen LogP contribution in [0.2, 0.25) is 0 Å². The van der Waals surface area contributed by atoms with Crippen molar-refractivity contribution in [3.8, 4) is 0 Å². The topological polar surface area (TPSA) is 54.5 Å². The second kappa shape index (κ2) is 7.11. The minimum Gasteiger partial charge on any atom is -0.298 e. The Balaban J connectivity index is 1.62. The van der Waals surface area contributed by atoms with Crippen molar-refractivity contribution < 1.29 is 14.4 Å². The van der Waals surface area contributed by atoms with Crippen LogP contribution in [0, 0.1) is 36.5 Å². The molecule has 4 nitrogen and oxygen atoms in total. The number of allylic oxidation sites excluding steroid dienone is 2. The highest BCUT2D eigenvalue weighted by molar-refractivity contribution is 6.34. The monoisotopic (exact) mass is 461 g/mol. The van der Waals surface area contributed by atoms with E-state index in [4.69, 9.17) is 0 Å². The molecule has 4 atom stereocenters. The van der Waals surface area contributed by atoms with Gasteiger partial charge in [-0.05, 0) is 61.6 Å². The van der Waals surface area contributed by atoms with Crippen molar-refractivity contribution in [1.82, 2.24) is 0 Å². The Morgan fingerprint density at radius 1 is 0.657 bits per heavy atom. The summed E-state index contributed by atoms with van der Waals surface area (Å²) in [6.45, 7) is 7.67. The Hall–Kier alpha value is -3.79. The molecule has 3 aromatic carbocycles. The number of imide groups is 1. The molecule has 2 fully saturated rings. The zero-order chi connectivity index (χ0) is 24.7. The van der Waals surface area contributed by atoms with E-state index >= 15 is 0 Å². The molecule has 0 N–H and O–H groups in total.